The molecule has 3 rings (SSSR count). The number of carbonyl (C=O) groups is 2. The van der Waals surface area contributed by atoms with Crippen LogP contribution in [0.4, 0.5) is 5.69 Å². The number of hydrogen-bond acceptors (Lipinski definition) is 7. The van der Waals surface area contributed by atoms with Crippen molar-refractivity contribution in [1.82, 2.24) is 0 Å². The van der Waals surface area contributed by atoms with Crippen LogP contribution in [-0.4, -0.2) is 39.8 Å². The molecular weight excluding hydrogens is 402 g/mol. The average Bonchev–Trinajstić information content (AvgIpc) is 3.15. The molecule has 31 heavy (non-hydrogen) atoms. The molecule has 0 bridgehead atoms. The third kappa shape index (κ3) is 4.63. The zero-order valence-electron chi connectivity index (χ0n) is 17.7. The lowest BCUT2D eigenvalue weighted by Crippen LogP contribution is -2.12. The van der Waals surface area contributed by atoms with Crippen LogP contribution in [-0.2, 0) is 9.53 Å². The van der Waals surface area contributed by atoms with Crippen LogP contribution in [0, 0.1) is 0 Å². The third-order valence-electron chi connectivity index (χ3n) is 4.42. The summed E-state index contributed by atoms with van der Waals surface area (Å²) >= 11 is 0. The molecule has 0 saturated carbocycles. The second-order valence-corrected chi connectivity index (χ2v) is 6.30. The minimum Gasteiger partial charge on any atom is -0.493 e. The molecule has 1 amide bonds. The van der Waals surface area contributed by atoms with E-state index in [0.717, 1.165) is 0 Å². The van der Waals surface area contributed by atoms with Crippen molar-refractivity contribution in [3.63, 3.8) is 0 Å². The second kappa shape index (κ2) is 9.71. The van der Waals surface area contributed by atoms with E-state index in [1.165, 1.54) is 27.4 Å². The first kappa shape index (κ1) is 21.8. The maximum absolute atomic E-state index is 12.6. The lowest BCUT2D eigenvalue weighted by molar-refractivity contribution is -0.111. The van der Waals surface area contributed by atoms with E-state index in [1.807, 2.05) is 0 Å². The minimum absolute atomic E-state index is 0.0578. The van der Waals surface area contributed by atoms with E-state index in [4.69, 9.17) is 23.4 Å². The highest BCUT2D eigenvalue weighted by atomic mass is 16.5. The van der Waals surface area contributed by atoms with Crippen LogP contribution in [0.1, 0.15) is 23.0 Å². The van der Waals surface area contributed by atoms with Gasteiger partial charge in [-0.25, -0.2) is 4.79 Å². The molecule has 0 radical (unpaired) electrons. The number of benzene rings is 2. The van der Waals surface area contributed by atoms with Crippen molar-refractivity contribution in [1.29, 1.82) is 0 Å². The van der Waals surface area contributed by atoms with Gasteiger partial charge in [-0.1, -0.05) is 12.1 Å². The quantitative estimate of drug-likeness (QED) is 0.425. The number of esters is 1. The summed E-state index contributed by atoms with van der Waals surface area (Å²) in [5.41, 5.74) is 1.38. The van der Waals surface area contributed by atoms with Gasteiger partial charge in [0.25, 0.3) is 0 Å². The predicted molar refractivity (Wildman–Crippen MR) is 116 cm³/mol. The van der Waals surface area contributed by atoms with Crippen LogP contribution in [0.15, 0.2) is 46.9 Å². The zero-order chi connectivity index (χ0) is 22.4. The number of methoxy groups -OCH3 is 3. The number of hydrogen-bond donors (Lipinski definition) is 1. The first-order valence-corrected chi connectivity index (χ1v) is 9.50. The largest absolute Gasteiger partial charge is 0.493 e. The summed E-state index contributed by atoms with van der Waals surface area (Å²) in [5, 5.41) is 3.31. The van der Waals surface area contributed by atoms with E-state index in [2.05, 4.69) is 5.32 Å². The summed E-state index contributed by atoms with van der Waals surface area (Å²) < 4.78 is 26.6. The Hall–Kier alpha value is -3.94. The van der Waals surface area contributed by atoms with Gasteiger partial charge >= 0.3 is 5.97 Å². The van der Waals surface area contributed by atoms with Crippen molar-refractivity contribution in [3.8, 4) is 17.2 Å². The van der Waals surface area contributed by atoms with Gasteiger partial charge < -0.3 is 28.7 Å². The maximum Gasteiger partial charge on any atom is 0.376 e. The molecule has 1 N–H and O–H groups in total. The molecule has 1 aromatic heterocycles. The molecule has 8 nitrogen and oxygen atoms in total. The molecule has 0 aliphatic carbocycles. The normalized spacial score (nSPS) is 10.8. The van der Waals surface area contributed by atoms with E-state index in [1.54, 1.807) is 49.4 Å². The Morgan fingerprint density at radius 3 is 2.32 bits per heavy atom. The van der Waals surface area contributed by atoms with E-state index in [9.17, 15) is 9.59 Å². The number of fused-ring (bicyclic) bond motifs is 1. The number of anilines is 1. The minimum atomic E-state index is -0.650. The number of furan rings is 1. The van der Waals surface area contributed by atoms with Crippen molar-refractivity contribution in [2.75, 3.05) is 33.3 Å². The van der Waals surface area contributed by atoms with Crippen LogP contribution < -0.4 is 19.5 Å². The molecule has 162 valence electrons. The lowest BCUT2D eigenvalue weighted by Gasteiger charge is -2.12. The van der Waals surface area contributed by atoms with Crippen LogP contribution >= 0.6 is 0 Å². The second-order valence-electron chi connectivity index (χ2n) is 6.30. The molecule has 3 aromatic rings. The third-order valence-corrected chi connectivity index (χ3v) is 4.42. The van der Waals surface area contributed by atoms with E-state index in [0.29, 0.717) is 33.8 Å². The number of nitrogens with one attached hydrogen (secondary N) is 1. The van der Waals surface area contributed by atoms with Crippen molar-refractivity contribution < 1.29 is 33.0 Å². The summed E-state index contributed by atoms with van der Waals surface area (Å²) in [6.07, 6.45) is 2.92. The van der Waals surface area contributed by atoms with Gasteiger partial charge in [-0.15, -0.1) is 0 Å². The van der Waals surface area contributed by atoms with Gasteiger partial charge in [0.05, 0.1) is 27.9 Å². The monoisotopic (exact) mass is 425 g/mol. The molecule has 0 aliphatic heterocycles. The highest BCUT2D eigenvalue weighted by Gasteiger charge is 2.22. The van der Waals surface area contributed by atoms with Gasteiger partial charge in [-0.2, -0.15) is 0 Å². The molecule has 2 aromatic carbocycles. The van der Waals surface area contributed by atoms with Gasteiger partial charge in [-0.05, 0) is 42.8 Å². The van der Waals surface area contributed by atoms with Crippen molar-refractivity contribution in [2.24, 2.45) is 0 Å². The SMILES string of the molecule is CCOC(=O)c1oc2ccccc2c1NC(=O)/C=C\c1cc(OC)c(OC)c(OC)c1. The van der Waals surface area contributed by atoms with Crippen molar-refractivity contribution >= 4 is 34.6 Å². The fourth-order valence-electron chi connectivity index (χ4n) is 3.04. The van der Waals surface area contributed by atoms with Gasteiger partial charge in [-0.3, -0.25) is 4.79 Å². The Bertz CT molecular complexity index is 1110. The van der Waals surface area contributed by atoms with Crippen LogP contribution in [0.3, 0.4) is 0 Å². The molecule has 1 heterocycles. The smallest absolute Gasteiger partial charge is 0.376 e. The fraction of sp³-hybridized carbons (Fsp3) is 0.217. The summed E-state index contributed by atoms with van der Waals surface area (Å²) in [6, 6.07) is 10.4. The summed E-state index contributed by atoms with van der Waals surface area (Å²) in [7, 11) is 4.54. The summed E-state index contributed by atoms with van der Waals surface area (Å²) in [5.74, 6) is 0.223. The van der Waals surface area contributed by atoms with Gasteiger partial charge in [0.2, 0.25) is 17.4 Å². The van der Waals surface area contributed by atoms with Gasteiger partial charge in [0.15, 0.2) is 11.5 Å². The zero-order valence-corrected chi connectivity index (χ0v) is 17.7. The van der Waals surface area contributed by atoms with E-state index < -0.39 is 11.9 Å². The molecule has 0 fully saturated rings. The number of amides is 1. The first-order valence-electron chi connectivity index (χ1n) is 9.50. The molecule has 8 heteroatoms. The van der Waals surface area contributed by atoms with E-state index >= 15 is 0 Å². The number of carbonyl (C=O) groups excluding carboxylic acids is 2. The molecule has 0 unspecified atom stereocenters. The highest BCUT2D eigenvalue weighted by Crippen LogP contribution is 2.38. The Morgan fingerprint density at radius 1 is 1.03 bits per heavy atom. The number of rotatable bonds is 8. The molecule has 0 aliphatic rings. The first-order chi connectivity index (χ1) is 15.0. The maximum atomic E-state index is 12.6. The van der Waals surface area contributed by atoms with Gasteiger partial charge in [0, 0.05) is 11.5 Å². The average molecular weight is 425 g/mol. The highest BCUT2D eigenvalue weighted by molar-refractivity contribution is 6.12. The van der Waals surface area contributed by atoms with Crippen molar-refractivity contribution in [3.05, 3.63) is 53.8 Å². The fourth-order valence-corrected chi connectivity index (χ4v) is 3.04. The van der Waals surface area contributed by atoms with Crippen molar-refractivity contribution in [2.45, 2.75) is 6.92 Å². The van der Waals surface area contributed by atoms with Crippen LogP contribution in [0.2, 0.25) is 0 Å². The molecular formula is C23H23NO7. The van der Waals surface area contributed by atoms with E-state index in [-0.39, 0.29) is 18.1 Å². The standard InChI is InChI=1S/C23H23NO7/c1-5-30-23(26)22-20(15-8-6-7-9-16(15)31-22)24-19(25)11-10-14-12-17(27-2)21(29-4)18(13-14)28-3/h6-13H,5H2,1-4H3,(H,24,25)/b11-10-. The summed E-state index contributed by atoms with van der Waals surface area (Å²) in [4.78, 5) is 24.9. The predicted octanol–water partition coefficient (Wildman–Crippen LogP) is 4.29. The molecule has 0 saturated heterocycles. The van der Waals surface area contributed by atoms with Gasteiger partial charge in [0.1, 0.15) is 11.3 Å². The summed E-state index contributed by atoms with van der Waals surface area (Å²) in [6.45, 7) is 1.88. The molecule has 0 atom stereocenters. The van der Waals surface area contributed by atoms with Crippen LogP contribution in [0.25, 0.3) is 17.0 Å². The Balaban J connectivity index is 1.89. The lowest BCUT2D eigenvalue weighted by atomic mass is 10.1. The number of para-hydroxylation sites is 1. The number of ether oxygens (including phenoxy) is 4. The Kier molecular flexibility index (Phi) is 6.81. The Labute approximate surface area is 179 Å². The molecule has 0 spiro atoms. The van der Waals surface area contributed by atoms with Crippen LogP contribution in [0.5, 0.6) is 17.2 Å². The Morgan fingerprint density at radius 2 is 1.71 bits per heavy atom. The topological polar surface area (TPSA) is 96.2 Å².